The molecule has 1 aromatic carbocycles. The van der Waals surface area contributed by atoms with E-state index in [1.807, 2.05) is 0 Å². The van der Waals surface area contributed by atoms with Crippen molar-refractivity contribution >= 4 is 26.3 Å². The van der Waals surface area contributed by atoms with Crippen LogP contribution in [0.1, 0.15) is 25.5 Å². The van der Waals surface area contributed by atoms with Gasteiger partial charge < -0.3 is 9.64 Å². The van der Waals surface area contributed by atoms with Gasteiger partial charge in [0.15, 0.2) is 0 Å². The molecule has 1 unspecified atom stereocenters. The first-order valence-corrected chi connectivity index (χ1v) is 11.3. The summed E-state index contributed by atoms with van der Waals surface area (Å²) in [6, 6.07) is 5.12. The normalized spacial score (nSPS) is 17.5. The first-order chi connectivity index (χ1) is 12.5. The highest BCUT2D eigenvalue weighted by molar-refractivity contribution is 7.89. The number of nitrogens with one attached hydrogen (secondary N) is 1. The van der Waals surface area contributed by atoms with Gasteiger partial charge in [-0.3, -0.25) is 0 Å². The van der Waals surface area contributed by atoms with E-state index in [4.69, 9.17) is 9.88 Å². The number of nitrogens with zero attached hydrogens (tertiary/aromatic N) is 2. The van der Waals surface area contributed by atoms with Crippen molar-refractivity contribution in [3.8, 4) is 0 Å². The fourth-order valence-corrected chi connectivity index (χ4v) is 4.60. The van der Waals surface area contributed by atoms with E-state index in [1.165, 1.54) is 27.4 Å². The third-order valence-corrected chi connectivity index (χ3v) is 6.72. The van der Waals surface area contributed by atoms with Gasteiger partial charge in [0.05, 0.1) is 11.5 Å². The lowest BCUT2D eigenvalue weighted by atomic mass is 10.1. The Kier molecular flexibility index (Phi) is 6.81. The third kappa shape index (κ3) is 5.62. The molecule has 0 saturated carbocycles. The molecule has 1 amide bonds. The van der Waals surface area contributed by atoms with Gasteiger partial charge in [0.2, 0.25) is 10.0 Å². The minimum Gasteiger partial charge on any atom is -0.450 e. The summed E-state index contributed by atoms with van der Waals surface area (Å²) < 4.78 is 56.8. The van der Waals surface area contributed by atoms with Crippen LogP contribution in [-0.2, 0) is 25.0 Å². The second-order valence-electron chi connectivity index (χ2n) is 6.05. The number of hydrogen-bond donors (Lipinski definition) is 2. The van der Waals surface area contributed by atoms with E-state index in [1.54, 1.807) is 19.9 Å². The zero-order chi connectivity index (χ0) is 20.2. The van der Waals surface area contributed by atoms with Gasteiger partial charge in [-0.1, -0.05) is 12.1 Å². The zero-order valence-electron chi connectivity index (χ0n) is 15.2. The van der Waals surface area contributed by atoms with Gasteiger partial charge in [-0.25, -0.2) is 18.4 Å². The number of ether oxygens (including phenoxy) is 1. The third-order valence-electron chi connectivity index (χ3n) is 4.12. The van der Waals surface area contributed by atoms with E-state index < -0.39 is 32.4 Å². The van der Waals surface area contributed by atoms with E-state index in [-0.39, 0.29) is 37.7 Å². The number of piperazine rings is 1. The molecule has 2 rings (SSSR count). The predicted octanol–water partition coefficient (Wildman–Crippen LogP) is 0.00350. The van der Waals surface area contributed by atoms with Crippen LogP contribution in [0.4, 0.5) is 4.79 Å². The molecular formula is C15H24N4O6S2. The number of benzene rings is 1. The summed E-state index contributed by atoms with van der Waals surface area (Å²) in [6.45, 7) is 4.30. The highest BCUT2D eigenvalue weighted by Crippen LogP contribution is 2.19. The van der Waals surface area contributed by atoms with Crippen LogP contribution >= 0.6 is 0 Å². The number of nitrogens with two attached hydrogens (primary N) is 1. The van der Waals surface area contributed by atoms with Crippen LogP contribution in [0.2, 0.25) is 0 Å². The minimum atomic E-state index is -3.88. The Bertz CT molecular complexity index is 879. The monoisotopic (exact) mass is 420 g/mol. The Morgan fingerprint density at radius 2 is 1.85 bits per heavy atom. The Labute approximate surface area is 159 Å². The molecule has 10 nitrogen and oxygen atoms in total. The summed E-state index contributed by atoms with van der Waals surface area (Å²) in [5.41, 5.74) is 0.468. The smallest absolute Gasteiger partial charge is 0.409 e. The molecule has 1 aliphatic heterocycles. The Balaban J connectivity index is 2.03. The topological polar surface area (TPSA) is 139 Å². The molecule has 0 aromatic heterocycles. The van der Waals surface area contributed by atoms with Crippen LogP contribution in [0.5, 0.6) is 0 Å². The molecular weight excluding hydrogens is 396 g/mol. The van der Waals surface area contributed by atoms with Crippen molar-refractivity contribution in [3.63, 3.8) is 0 Å². The summed E-state index contributed by atoms with van der Waals surface area (Å²) >= 11 is 0. The van der Waals surface area contributed by atoms with Gasteiger partial charge in [0.25, 0.3) is 10.2 Å². The molecule has 0 aliphatic carbocycles. The second-order valence-corrected chi connectivity index (χ2v) is 9.31. The van der Waals surface area contributed by atoms with Crippen LogP contribution < -0.4 is 9.86 Å². The van der Waals surface area contributed by atoms with E-state index in [0.717, 1.165) is 0 Å². The number of carbonyl (C=O) groups is 1. The summed E-state index contributed by atoms with van der Waals surface area (Å²) in [6.07, 6.45) is -0.462. The Morgan fingerprint density at radius 3 is 2.41 bits per heavy atom. The first kappa shape index (κ1) is 21.6. The molecule has 1 aromatic rings. The molecule has 1 atom stereocenters. The van der Waals surface area contributed by atoms with Crippen LogP contribution in [0.15, 0.2) is 29.2 Å². The fourth-order valence-electron chi connectivity index (χ4n) is 2.65. The molecule has 0 spiro atoms. The molecule has 12 heteroatoms. The van der Waals surface area contributed by atoms with E-state index in [0.29, 0.717) is 5.56 Å². The van der Waals surface area contributed by atoms with Crippen molar-refractivity contribution in [3.05, 3.63) is 29.8 Å². The average Bonchev–Trinajstić information content (AvgIpc) is 2.61. The van der Waals surface area contributed by atoms with Gasteiger partial charge in [-0.2, -0.15) is 17.4 Å². The van der Waals surface area contributed by atoms with Gasteiger partial charge in [-0.05, 0) is 31.5 Å². The number of hydrogen-bond acceptors (Lipinski definition) is 6. The first-order valence-electron chi connectivity index (χ1n) is 8.36. The molecule has 1 heterocycles. The second kappa shape index (κ2) is 8.52. The molecule has 1 saturated heterocycles. The molecule has 1 fully saturated rings. The number of amides is 1. The number of rotatable bonds is 6. The van der Waals surface area contributed by atoms with Gasteiger partial charge >= 0.3 is 6.09 Å². The van der Waals surface area contributed by atoms with E-state index >= 15 is 0 Å². The lowest BCUT2D eigenvalue weighted by molar-refractivity contribution is 0.0931. The highest BCUT2D eigenvalue weighted by atomic mass is 32.2. The fraction of sp³-hybridized carbons (Fsp3) is 0.533. The number of carbonyl (C=O) groups excluding carboxylic acids is 1. The molecule has 1 aliphatic rings. The lowest BCUT2D eigenvalue weighted by Gasteiger charge is -2.33. The van der Waals surface area contributed by atoms with Gasteiger partial charge in [0, 0.05) is 32.2 Å². The predicted molar refractivity (Wildman–Crippen MR) is 98.5 cm³/mol. The minimum absolute atomic E-state index is 0.0888. The van der Waals surface area contributed by atoms with Crippen LogP contribution in [-0.4, -0.2) is 64.9 Å². The van der Waals surface area contributed by atoms with Gasteiger partial charge in [-0.15, -0.1) is 0 Å². The molecule has 27 heavy (non-hydrogen) atoms. The highest BCUT2D eigenvalue weighted by Gasteiger charge is 2.30. The maximum Gasteiger partial charge on any atom is 0.409 e. The lowest BCUT2D eigenvalue weighted by Crippen LogP contribution is -2.53. The van der Waals surface area contributed by atoms with Crippen molar-refractivity contribution in [1.82, 2.24) is 13.9 Å². The van der Waals surface area contributed by atoms with Crippen LogP contribution in [0.3, 0.4) is 0 Å². The average molecular weight is 421 g/mol. The van der Waals surface area contributed by atoms with Crippen molar-refractivity contribution in [2.45, 2.75) is 24.8 Å². The SMILES string of the molecule is CCOC(=O)N1CCN(S(=O)(=O)NC(C)c2cccc(S(N)(=O)=O)c2)CC1. The summed E-state index contributed by atoms with van der Waals surface area (Å²) in [5, 5.41) is 5.11. The van der Waals surface area contributed by atoms with Crippen LogP contribution in [0.25, 0.3) is 0 Å². The quantitative estimate of drug-likeness (QED) is 0.664. The van der Waals surface area contributed by atoms with Crippen molar-refractivity contribution in [2.24, 2.45) is 5.14 Å². The van der Waals surface area contributed by atoms with E-state index in [2.05, 4.69) is 4.72 Å². The molecule has 152 valence electrons. The number of sulfonamides is 1. The summed E-state index contributed by atoms with van der Waals surface area (Å²) in [4.78, 5) is 13.1. The maximum atomic E-state index is 12.6. The van der Waals surface area contributed by atoms with Gasteiger partial charge in [0.1, 0.15) is 0 Å². The van der Waals surface area contributed by atoms with Crippen molar-refractivity contribution in [1.29, 1.82) is 0 Å². The largest absolute Gasteiger partial charge is 0.450 e. The molecule has 0 radical (unpaired) electrons. The van der Waals surface area contributed by atoms with Crippen LogP contribution in [0, 0.1) is 0 Å². The molecule has 3 N–H and O–H groups in total. The van der Waals surface area contributed by atoms with E-state index in [9.17, 15) is 21.6 Å². The van der Waals surface area contributed by atoms with Crippen molar-refractivity contribution < 1.29 is 26.4 Å². The Hall–Kier alpha value is -1.73. The summed E-state index contributed by atoms with van der Waals surface area (Å²) in [5.74, 6) is 0. The summed E-state index contributed by atoms with van der Waals surface area (Å²) in [7, 11) is -7.70. The zero-order valence-corrected chi connectivity index (χ0v) is 16.8. The Morgan fingerprint density at radius 1 is 1.22 bits per heavy atom. The molecule has 0 bridgehead atoms. The maximum absolute atomic E-state index is 12.6. The standard InChI is InChI=1S/C15H24N4O6S2/c1-3-25-15(20)18-7-9-19(10-8-18)27(23,24)17-12(2)13-5-4-6-14(11-13)26(16,21)22/h4-6,11-12,17H,3,7-10H2,1-2H3,(H2,16,21,22). The van der Waals surface area contributed by atoms with Crippen molar-refractivity contribution in [2.75, 3.05) is 32.8 Å². The number of primary sulfonamides is 1.